The third kappa shape index (κ3) is 1.99. The maximum atomic E-state index is 13.5. The van der Waals surface area contributed by atoms with E-state index in [1.807, 2.05) is 0 Å². The summed E-state index contributed by atoms with van der Waals surface area (Å²) >= 11 is 3.13. The maximum absolute atomic E-state index is 13.5. The summed E-state index contributed by atoms with van der Waals surface area (Å²) in [6, 6.07) is 7.18. The fourth-order valence-corrected chi connectivity index (χ4v) is 1.62. The van der Waals surface area contributed by atoms with Crippen molar-refractivity contribution in [2.45, 2.75) is 0 Å². The Morgan fingerprint density at radius 2 is 2.06 bits per heavy atom. The summed E-state index contributed by atoms with van der Waals surface area (Å²) in [5.41, 5.74) is 0.232. The number of halogens is 2. The number of hydrogen-bond donors (Lipinski definition) is 1. The van der Waals surface area contributed by atoms with E-state index in [-0.39, 0.29) is 17.1 Å². The van der Waals surface area contributed by atoms with Crippen LogP contribution in [0.2, 0.25) is 0 Å². The lowest BCUT2D eigenvalue weighted by Gasteiger charge is -1.99. The molecular weight excluding hydrogens is 279 g/mol. The van der Waals surface area contributed by atoms with Crippen LogP contribution in [0.5, 0.6) is 0 Å². The Kier molecular flexibility index (Phi) is 2.78. The van der Waals surface area contributed by atoms with E-state index in [0.717, 1.165) is 0 Å². The number of carboxylic acid groups (broad SMARTS) is 1. The minimum absolute atomic E-state index is 0.197. The van der Waals surface area contributed by atoms with Crippen molar-refractivity contribution in [1.82, 2.24) is 0 Å². The third-order valence-corrected chi connectivity index (χ3v) is 2.51. The lowest BCUT2D eigenvalue weighted by molar-refractivity contribution is 0.0663. The Bertz CT molecular complexity index is 548. The first-order valence-electron chi connectivity index (χ1n) is 4.36. The van der Waals surface area contributed by atoms with E-state index in [9.17, 15) is 9.18 Å². The van der Waals surface area contributed by atoms with Crippen molar-refractivity contribution >= 4 is 21.9 Å². The van der Waals surface area contributed by atoms with Gasteiger partial charge in [0.05, 0.1) is 5.56 Å². The molecule has 2 aromatic rings. The van der Waals surface area contributed by atoms with E-state index >= 15 is 0 Å². The largest absolute Gasteiger partial charge is 0.475 e. The first kappa shape index (κ1) is 10.9. The van der Waals surface area contributed by atoms with E-state index in [0.29, 0.717) is 4.47 Å². The van der Waals surface area contributed by atoms with E-state index < -0.39 is 11.8 Å². The predicted molar refractivity (Wildman–Crippen MR) is 58.8 cm³/mol. The lowest BCUT2D eigenvalue weighted by atomic mass is 10.1. The molecule has 1 aromatic heterocycles. The van der Waals surface area contributed by atoms with Crippen LogP contribution in [0.15, 0.2) is 39.2 Å². The molecule has 0 aliphatic rings. The summed E-state index contributed by atoms with van der Waals surface area (Å²) in [7, 11) is 0. The molecule has 1 heterocycles. The molecule has 0 fully saturated rings. The SMILES string of the molecule is O=C(O)c1ccc(-c2ccc(Br)cc2F)o1. The number of hydrogen-bond acceptors (Lipinski definition) is 2. The minimum atomic E-state index is -1.18. The highest BCUT2D eigenvalue weighted by Crippen LogP contribution is 2.27. The molecule has 0 aliphatic carbocycles. The molecule has 0 amide bonds. The number of aromatic carboxylic acids is 1. The van der Waals surface area contributed by atoms with Gasteiger partial charge in [0, 0.05) is 4.47 Å². The molecular formula is C11H6BrFO3. The van der Waals surface area contributed by atoms with Gasteiger partial charge in [-0.3, -0.25) is 0 Å². The van der Waals surface area contributed by atoms with Crippen molar-refractivity contribution < 1.29 is 18.7 Å². The predicted octanol–water partition coefficient (Wildman–Crippen LogP) is 3.55. The molecule has 0 atom stereocenters. The van der Waals surface area contributed by atoms with Gasteiger partial charge in [-0.1, -0.05) is 15.9 Å². The molecule has 0 saturated carbocycles. The highest BCUT2D eigenvalue weighted by molar-refractivity contribution is 9.10. The number of carboxylic acids is 1. The summed E-state index contributed by atoms with van der Waals surface area (Å²) < 4.78 is 19.1. The summed E-state index contributed by atoms with van der Waals surface area (Å²) in [5, 5.41) is 8.66. The van der Waals surface area contributed by atoms with Crippen LogP contribution >= 0.6 is 15.9 Å². The topological polar surface area (TPSA) is 50.4 Å². The average Bonchev–Trinajstić information content (AvgIpc) is 2.66. The molecule has 5 heteroatoms. The fourth-order valence-electron chi connectivity index (χ4n) is 1.29. The van der Waals surface area contributed by atoms with Gasteiger partial charge in [-0.05, 0) is 30.3 Å². The molecule has 0 saturated heterocycles. The van der Waals surface area contributed by atoms with Crippen LogP contribution in [0.4, 0.5) is 4.39 Å². The Morgan fingerprint density at radius 3 is 2.62 bits per heavy atom. The van der Waals surface area contributed by atoms with E-state index in [1.165, 1.54) is 24.3 Å². The molecule has 1 aromatic carbocycles. The normalized spacial score (nSPS) is 10.4. The zero-order valence-corrected chi connectivity index (χ0v) is 9.49. The van der Waals surface area contributed by atoms with Gasteiger partial charge in [0.2, 0.25) is 5.76 Å². The van der Waals surface area contributed by atoms with Gasteiger partial charge in [0.25, 0.3) is 0 Å². The van der Waals surface area contributed by atoms with E-state index in [1.54, 1.807) is 6.07 Å². The highest BCUT2D eigenvalue weighted by Gasteiger charge is 2.13. The van der Waals surface area contributed by atoms with Crippen LogP contribution in [-0.2, 0) is 0 Å². The van der Waals surface area contributed by atoms with Crippen molar-refractivity contribution in [1.29, 1.82) is 0 Å². The Morgan fingerprint density at radius 1 is 1.31 bits per heavy atom. The van der Waals surface area contributed by atoms with Crippen molar-refractivity contribution in [3.8, 4) is 11.3 Å². The molecule has 0 unspecified atom stereocenters. The van der Waals surface area contributed by atoms with Crippen LogP contribution in [0, 0.1) is 5.82 Å². The second kappa shape index (κ2) is 4.09. The average molecular weight is 285 g/mol. The Hall–Kier alpha value is -1.62. The second-order valence-electron chi connectivity index (χ2n) is 3.09. The van der Waals surface area contributed by atoms with Gasteiger partial charge in [-0.2, -0.15) is 0 Å². The Balaban J connectivity index is 2.46. The molecule has 0 aliphatic heterocycles. The summed E-state index contributed by atoms with van der Waals surface area (Å²) in [6.45, 7) is 0. The monoisotopic (exact) mass is 284 g/mol. The van der Waals surface area contributed by atoms with E-state index in [2.05, 4.69) is 15.9 Å². The van der Waals surface area contributed by atoms with Crippen LogP contribution < -0.4 is 0 Å². The fraction of sp³-hybridized carbons (Fsp3) is 0. The van der Waals surface area contributed by atoms with Crippen molar-refractivity contribution in [3.05, 3.63) is 46.4 Å². The van der Waals surface area contributed by atoms with Gasteiger partial charge < -0.3 is 9.52 Å². The first-order valence-corrected chi connectivity index (χ1v) is 5.16. The zero-order chi connectivity index (χ0) is 11.7. The van der Waals surface area contributed by atoms with Crippen LogP contribution in [0.25, 0.3) is 11.3 Å². The number of benzene rings is 1. The van der Waals surface area contributed by atoms with Crippen LogP contribution in [-0.4, -0.2) is 11.1 Å². The van der Waals surface area contributed by atoms with Gasteiger partial charge in [-0.15, -0.1) is 0 Å². The van der Waals surface area contributed by atoms with Crippen molar-refractivity contribution in [2.24, 2.45) is 0 Å². The molecule has 0 radical (unpaired) electrons. The molecule has 82 valence electrons. The second-order valence-corrected chi connectivity index (χ2v) is 4.01. The number of furan rings is 1. The highest BCUT2D eigenvalue weighted by atomic mass is 79.9. The lowest BCUT2D eigenvalue weighted by Crippen LogP contribution is -1.91. The van der Waals surface area contributed by atoms with Crippen molar-refractivity contribution in [3.63, 3.8) is 0 Å². The number of carbonyl (C=O) groups is 1. The van der Waals surface area contributed by atoms with Gasteiger partial charge in [-0.25, -0.2) is 9.18 Å². The molecule has 1 N–H and O–H groups in total. The molecule has 0 bridgehead atoms. The van der Waals surface area contributed by atoms with Gasteiger partial charge >= 0.3 is 5.97 Å². The zero-order valence-electron chi connectivity index (χ0n) is 7.91. The van der Waals surface area contributed by atoms with E-state index in [4.69, 9.17) is 9.52 Å². The quantitative estimate of drug-likeness (QED) is 0.918. The minimum Gasteiger partial charge on any atom is -0.475 e. The summed E-state index contributed by atoms with van der Waals surface area (Å²) in [4.78, 5) is 10.6. The van der Waals surface area contributed by atoms with Gasteiger partial charge in [0.1, 0.15) is 11.6 Å². The molecule has 0 spiro atoms. The first-order chi connectivity index (χ1) is 7.58. The third-order valence-electron chi connectivity index (χ3n) is 2.01. The maximum Gasteiger partial charge on any atom is 0.371 e. The standard InChI is InChI=1S/C11H6BrFO3/c12-6-1-2-7(8(13)5-6)9-3-4-10(16-9)11(14)15/h1-5H,(H,14,15). The van der Waals surface area contributed by atoms with Gasteiger partial charge in [0.15, 0.2) is 0 Å². The van der Waals surface area contributed by atoms with Crippen LogP contribution in [0.3, 0.4) is 0 Å². The summed E-state index contributed by atoms with van der Waals surface area (Å²) in [5.74, 6) is -1.66. The molecule has 2 rings (SSSR count). The molecule has 3 nitrogen and oxygen atoms in total. The Labute approximate surface area is 98.6 Å². The summed E-state index contributed by atoms with van der Waals surface area (Å²) in [6.07, 6.45) is 0. The van der Waals surface area contributed by atoms with Crippen LogP contribution in [0.1, 0.15) is 10.6 Å². The smallest absolute Gasteiger partial charge is 0.371 e. The molecule has 16 heavy (non-hydrogen) atoms. The van der Waals surface area contributed by atoms with Crippen molar-refractivity contribution in [2.75, 3.05) is 0 Å². The number of rotatable bonds is 2.